The van der Waals surface area contributed by atoms with Crippen LogP contribution < -0.4 is 26.0 Å². The molecule has 2 unspecified atom stereocenters. The Kier molecular flexibility index (Phi) is 10.9. The van der Waals surface area contributed by atoms with Crippen LogP contribution in [0.15, 0.2) is 50.0 Å². The Labute approximate surface area is 265 Å². The highest BCUT2D eigenvalue weighted by atomic mass is 32.2. The average molecular weight is 703 g/mol. The zero-order valence-electron chi connectivity index (χ0n) is 22.7. The second-order valence-corrected chi connectivity index (χ2v) is 14.0. The number of carboxylic acids is 1. The van der Waals surface area contributed by atoms with Gasteiger partial charge in [-0.1, -0.05) is 16.9 Å². The zero-order chi connectivity index (χ0) is 32.0. The highest BCUT2D eigenvalue weighted by molar-refractivity contribution is 8.07. The minimum atomic E-state index is -4.70. The lowest BCUT2D eigenvalue weighted by Crippen LogP contribution is -2.57. The van der Waals surface area contributed by atoms with Crippen molar-refractivity contribution in [3.8, 4) is 11.3 Å². The smallest absolute Gasteiger partial charge is 0.429 e. The van der Waals surface area contributed by atoms with E-state index in [0.29, 0.717) is 20.8 Å². The third-order valence-corrected chi connectivity index (χ3v) is 10.1. The third kappa shape index (κ3) is 8.74. The fourth-order valence-corrected chi connectivity index (χ4v) is 8.02. The molecule has 4 rings (SSSR count). The maximum absolute atomic E-state index is 13.2. The van der Waals surface area contributed by atoms with Crippen LogP contribution in [-0.4, -0.2) is 76.5 Å². The fourth-order valence-electron chi connectivity index (χ4n) is 3.47. The Balaban J connectivity index is 1.51. The second-order valence-electron chi connectivity index (χ2n) is 8.62. The van der Waals surface area contributed by atoms with Crippen molar-refractivity contribution >= 4 is 82.8 Å². The number of oxime groups is 1. The van der Waals surface area contributed by atoms with Gasteiger partial charge in [0.25, 0.3) is 5.91 Å². The molecule has 44 heavy (non-hydrogen) atoms. The molecule has 0 saturated carbocycles. The molecule has 0 bridgehead atoms. The number of hydrogen-bond acceptors (Lipinski definition) is 14. The third-order valence-electron chi connectivity index (χ3n) is 5.42. The highest BCUT2D eigenvalue weighted by Gasteiger charge is 2.36. The lowest BCUT2D eigenvalue weighted by molar-refractivity contribution is -0.671. The lowest BCUT2D eigenvalue weighted by atomic mass is 10.2. The molecular weight excluding hydrogens is 678 g/mol. The number of thioether (sulfide) groups is 2. The number of anilines is 1. The van der Waals surface area contributed by atoms with Gasteiger partial charge >= 0.3 is 13.7 Å². The SMILES string of the molecule is CCO/N=C(\C(=O)NC(C(N)=O)C1NC(C(=O)O)=C(Sc2nc(-c3cc[n+](C)cc3)cs2)CS1)c1nsc(NP(=O)(O)O)n1. The van der Waals surface area contributed by atoms with Crippen molar-refractivity contribution < 1.29 is 43.2 Å². The number of carbonyl (C=O) groups excluding carboxylic acids is 2. The molecule has 1 aliphatic rings. The van der Waals surface area contributed by atoms with E-state index in [2.05, 4.69) is 30.1 Å². The molecule has 3 aromatic heterocycles. The number of rotatable bonds is 13. The largest absolute Gasteiger partial charge is 0.477 e. The number of amides is 2. The Morgan fingerprint density at radius 3 is 2.68 bits per heavy atom. The van der Waals surface area contributed by atoms with Gasteiger partial charge in [-0.25, -0.2) is 18.9 Å². The Hall–Kier alpha value is -3.59. The van der Waals surface area contributed by atoms with Gasteiger partial charge in [-0.3, -0.25) is 14.7 Å². The molecule has 2 amide bonds. The van der Waals surface area contributed by atoms with E-state index in [4.69, 9.17) is 20.4 Å². The summed E-state index contributed by atoms with van der Waals surface area (Å²) in [7, 11) is -2.80. The van der Waals surface area contributed by atoms with Crippen LogP contribution in [0.2, 0.25) is 0 Å². The molecule has 2 atom stereocenters. The van der Waals surface area contributed by atoms with E-state index in [9.17, 15) is 24.1 Å². The number of nitrogens with one attached hydrogen (secondary N) is 3. The van der Waals surface area contributed by atoms with Crippen LogP contribution in [0, 0.1) is 0 Å². The summed E-state index contributed by atoms with van der Waals surface area (Å²) in [6.45, 7) is 1.64. The molecule has 4 heterocycles. The van der Waals surface area contributed by atoms with Crippen molar-refractivity contribution in [2.24, 2.45) is 17.9 Å². The average Bonchev–Trinajstić information content (AvgIpc) is 3.61. The summed E-state index contributed by atoms with van der Waals surface area (Å²) >= 11 is 4.21. The van der Waals surface area contributed by atoms with Crippen LogP contribution in [0.4, 0.5) is 5.13 Å². The first-order chi connectivity index (χ1) is 20.8. The number of aryl methyl sites for hydroxylation is 1. The van der Waals surface area contributed by atoms with Gasteiger partial charge < -0.3 is 36.1 Å². The van der Waals surface area contributed by atoms with Crippen molar-refractivity contribution in [2.75, 3.05) is 17.4 Å². The van der Waals surface area contributed by atoms with Gasteiger partial charge in [0.2, 0.25) is 22.6 Å². The van der Waals surface area contributed by atoms with Crippen molar-refractivity contribution in [3.63, 3.8) is 0 Å². The number of carbonyl (C=O) groups is 3. The molecule has 8 N–H and O–H groups in total. The van der Waals surface area contributed by atoms with Gasteiger partial charge in [0.15, 0.2) is 16.7 Å². The Morgan fingerprint density at radius 2 is 2.05 bits per heavy atom. The summed E-state index contributed by atoms with van der Waals surface area (Å²) in [5.74, 6) is -3.45. The van der Waals surface area contributed by atoms with Crippen LogP contribution >= 0.6 is 54.1 Å². The standard InChI is InChI=1S/C22H24N9O8PS4/c1-3-39-28-15(17-27-21(44-30-17)29-40(36,37)38)18(33)25-14(16(23)32)19-26-13(20(34)35)12(9-41-19)43-22-24-11(8-42-22)10-4-6-31(2)7-5-10/h4-8,14,19,26H,3,9H2,1-2H3,(H6-,23,25,27,29,30,32,33,34,35,36,37,38)/p+1/b28-15-. The zero-order valence-corrected chi connectivity index (χ0v) is 26.9. The maximum Gasteiger partial charge on any atom is 0.429 e. The molecule has 0 aliphatic carbocycles. The van der Waals surface area contributed by atoms with Crippen LogP contribution in [0.3, 0.4) is 0 Å². The number of aromatic nitrogens is 4. The van der Waals surface area contributed by atoms with Gasteiger partial charge in [-0.15, -0.1) is 23.1 Å². The van der Waals surface area contributed by atoms with E-state index < -0.39 is 42.7 Å². The van der Waals surface area contributed by atoms with Crippen LogP contribution in [0.25, 0.3) is 11.3 Å². The molecule has 1 aliphatic heterocycles. The van der Waals surface area contributed by atoms with Crippen molar-refractivity contribution in [1.29, 1.82) is 0 Å². The summed E-state index contributed by atoms with van der Waals surface area (Å²) < 4.78 is 17.6. The minimum absolute atomic E-state index is 0.0473. The van der Waals surface area contributed by atoms with Gasteiger partial charge in [0.05, 0.1) is 5.69 Å². The molecule has 17 nitrogen and oxygen atoms in total. The minimum Gasteiger partial charge on any atom is -0.477 e. The first kappa shape index (κ1) is 33.3. The van der Waals surface area contributed by atoms with Crippen molar-refractivity contribution in [1.82, 2.24) is 25.0 Å². The number of primary amides is 1. The van der Waals surface area contributed by atoms with Gasteiger partial charge in [-0.2, -0.15) is 9.36 Å². The fraction of sp³-hybridized carbons (Fsp3) is 0.273. The molecule has 0 saturated heterocycles. The summed E-state index contributed by atoms with van der Waals surface area (Å²) in [6, 6.07) is 2.40. The van der Waals surface area contributed by atoms with Crippen LogP contribution in [-0.2, 0) is 30.8 Å². The molecule has 234 valence electrons. The van der Waals surface area contributed by atoms with Crippen LogP contribution in [0.5, 0.6) is 0 Å². The molecule has 0 aromatic carbocycles. The maximum atomic E-state index is 13.2. The van der Waals surface area contributed by atoms with Crippen molar-refractivity contribution in [3.05, 3.63) is 46.3 Å². The first-order valence-corrected chi connectivity index (χ1v) is 17.4. The molecule has 3 aromatic rings. The number of hydrogen-bond donors (Lipinski definition) is 7. The number of nitrogens with two attached hydrogens (primary N) is 1. The highest BCUT2D eigenvalue weighted by Crippen LogP contribution is 2.39. The summed E-state index contributed by atoms with van der Waals surface area (Å²) in [6.07, 6.45) is 3.78. The van der Waals surface area contributed by atoms with E-state index >= 15 is 0 Å². The normalized spacial score (nSPS) is 16.2. The Morgan fingerprint density at radius 1 is 1.32 bits per heavy atom. The quantitative estimate of drug-likeness (QED) is 0.0552. The van der Waals surface area contributed by atoms with Gasteiger partial charge in [-0.05, 0) is 6.92 Å². The monoisotopic (exact) mass is 702 g/mol. The molecule has 0 spiro atoms. The van der Waals surface area contributed by atoms with E-state index in [1.54, 1.807) is 6.92 Å². The van der Waals surface area contributed by atoms with Crippen molar-refractivity contribution in [2.45, 2.75) is 22.7 Å². The Bertz CT molecular complexity index is 1660. The predicted octanol–water partition coefficient (Wildman–Crippen LogP) is 0.452. The number of carboxylic acid groups (broad SMARTS) is 1. The number of pyridine rings is 1. The first-order valence-electron chi connectivity index (χ1n) is 12.3. The summed E-state index contributed by atoms with van der Waals surface area (Å²) in [5, 5.41) is 21.3. The van der Waals surface area contributed by atoms with Crippen LogP contribution in [0.1, 0.15) is 12.7 Å². The molecular formula is C22H25N9O8PS4+. The predicted molar refractivity (Wildman–Crippen MR) is 163 cm³/mol. The van der Waals surface area contributed by atoms with E-state index in [1.807, 2.05) is 46.6 Å². The molecule has 22 heteroatoms. The topological polar surface area (TPSA) is 255 Å². The number of thiazole rings is 1. The van der Waals surface area contributed by atoms with Gasteiger partial charge in [0, 0.05) is 45.3 Å². The van der Waals surface area contributed by atoms with E-state index in [0.717, 1.165) is 23.0 Å². The van der Waals surface area contributed by atoms with E-state index in [-0.39, 0.29) is 29.0 Å². The number of nitrogens with zero attached hydrogens (tertiary/aromatic N) is 5. The van der Waals surface area contributed by atoms with Gasteiger partial charge in [0.1, 0.15) is 30.8 Å². The number of aliphatic carboxylic acids is 1. The summed E-state index contributed by atoms with van der Waals surface area (Å²) in [4.78, 5) is 69.9. The second kappa shape index (κ2) is 14.5. The molecule has 0 radical (unpaired) electrons. The summed E-state index contributed by atoms with van der Waals surface area (Å²) in [5.41, 5.74) is 6.55. The van der Waals surface area contributed by atoms with E-state index in [1.165, 1.54) is 23.1 Å². The lowest BCUT2D eigenvalue weighted by Gasteiger charge is -2.31. The molecule has 0 fully saturated rings.